The maximum Gasteiger partial charge on any atom is 0.161 e. The van der Waals surface area contributed by atoms with Crippen molar-refractivity contribution in [3.63, 3.8) is 0 Å². The molecule has 0 fully saturated rings. The van der Waals surface area contributed by atoms with Crippen molar-refractivity contribution < 1.29 is 13.9 Å². The van der Waals surface area contributed by atoms with Crippen LogP contribution in [0.4, 0.5) is 5.69 Å². The highest BCUT2D eigenvalue weighted by Gasteiger charge is 2.12. The zero-order valence-electron chi connectivity index (χ0n) is 17.5. The molecule has 0 aliphatic rings. The van der Waals surface area contributed by atoms with Crippen LogP contribution in [0.5, 0.6) is 11.5 Å². The first-order chi connectivity index (χ1) is 14.6. The zero-order chi connectivity index (χ0) is 21.1. The van der Waals surface area contributed by atoms with E-state index < -0.39 is 0 Å². The van der Waals surface area contributed by atoms with E-state index in [9.17, 15) is 0 Å². The first-order valence-electron chi connectivity index (χ1n) is 9.71. The van der Waals surface area contributed by atoms with Gasteiger partial charge in [0.25, 0.3) is 0 Å². The van der Waals surface area contributed by atoms with Crippen molar-refractivity contribution in [2.45, 2.75) is 13.8 Å². The lowest BCUT2D eigenvalue weighted by Gasteiger charge is -2.11. The molecule has 30 heavy (non-hydrogen) atoms. The second-order valence-electron chi connectivity index (χ2n) is 7.11. The number of fused-ring (bicyclic) bond motifs is 1. The Morgan fingerprint density at radius 1 is 0.833 bits per heavy atom. The summed E-state index contributed by atoms with van der Waals surface area (Å²) < 4.78 is 17.1. The topological polar surface area (TPSA) is 56.0 Å². The van der Waals surface area contributed by atoms with E-state index in [1.807, 2.05) is 61.5 Å². The van der Waals surface area contributed by atoms with E-state index in [1.54, 1.807) is 14.2 Å². The van der Waals surface area contributed by atoms with Gasteiger partial charge in [0, 0.05) is 17.0 Å². The molecule has 1 N–H and O–H groups in total. The Bertz CT molecular complexity index is 1260. The molecule has 5 nitrogen and oxygen atoms in total. The van der Waals surface area contributed by atoms with Crippen molar-refractivity contribution in [3.05, 3.63) is 83.2 Å². The fourth-order valence-electron chi connectivity index (χ4n) is 3.48. The second-order valence-corrected chi connectivity index (χ2v) is 7.11. The maximum absolute atomic E-state index is 6.32. The third kappa shape index (κ3) is 3.87. The van der Waals surface area contributed by atoms with E-state index in [2.05, 4.69) is 29.6 Å². The van der Waals surface area contributed by atoms with Crippen molar-refractivity contribution in [2.75, 3.05) is 19.6 Å². The molecule has 0 atom stereocenters. The molecule has 152 valence electrons. The lowest BCUT2D eigenvalue weighted by atomic mass is 10.1. The van der Waals surface area contributed by atoms with Gasteiger partial charge in [0.2, 0.25) is 0 Å². The summed E-state index contributed by atoms with van der Waals surface area (Å²) in [6, 6.07) is 21.7. The van der Waals surface area contributed by atoms with Gasteiger partial charge in [-0.05, 0) is 61.4 Å². The van der Waals surface area contributed by atoms with Crippen molar-refractivity contribution in [1.29, 1.82) is 0 Å². The maximum atomic E-state index is 6.32. The number of rotatable bonds is 5. The van der Waals surface area contributed by atoms with E-state index in [-0.39, 0.29) is 0 Å². The van der Waals surface area contributed by atoms with E-state index in [4.69, 9.17) is 13.9 Å². The summed E-state index contributed by atoms with van der Waals surface area (Å²) in [5, 5.41) is 6.44. The Kier molecular flexibility index (Phi) is 5.44. The molecule has 1 heterocycles. The molecule has 4 aromatic rings. The molecule has 0 unspecified atom stereocenters. The van der Waals surface area contributed by atoms with Gasteiger partial charge in [-0.2, -0.15) is 5.10 Å². The van der Waals surface area contributed by atoms with Crippen LogP contribution in [0.2, 0.25) is 0 Å². The smallest absolute Gasteiger partial charge is 0.161 e. The molecule has 4 rings (SSSR count). The minimum absolute atomic E-state index is 0.645. The molecule has 0 aliphatic carbocycles. The molecule has 0 radical (unpaired) electrons. The van der Waals surface area contributed by atoms with Gasteiger partial charge in [-0.3, -0.25) is 5.43 Å². The van der Waals surface area contributed by atoms with Gasteiger partial charge in [0.15, 0.2) is 11.5 Å². The standard InChI is InChI=1S/C25H24N2O3/c1-16-12-17(2)25-20(13-16)21(27-26-19-8-6-5-7-9-19)15-23(30-25)18-10-11-22(28-3)24(14-18)29-4/h5-15,26H,1-4H3/b27-21-. The number of methoxy groups -OCH3 is 2. The number of ether oxygens (including phenoxy) is 2. The Morgan fingerprint density at radius 2 is 1.60 bits per heavy atom. The molecular formula is C25H24N2O3. The summed E-state index contributed by atoms with van der Waals surface area (Å²) in [7, 11) is 3.24. The van der Waals surface area contributed by atoms with Crippen molar-refractivity contribution >= 4 is 16.7 Å². The highest BCUT2D eigenvalue weighted by atomic mass is 16.5. The molecule has 0 saturated heterocycles. The van der Waals surface area contributed by atoms with Gasteiger partial charge in [0.1, 0.15) is 11.3 Å². The molecular weight excluding hydrogens is 376 g/mol. The van der Waals surface area contributed by atoms with Crippen LogP contribution in [0.3, 0.4) is 0 Å². The Hall–Kier alpha value is -3.73. The minimum Gasteiger partial charge on any atom is -0.493 e. The highest BCUT2D eigenvalue weighted by Crippen LogP contribution is 2.33. The van der Waals surface area contributed by atoms with Gasteiger partial charge in [-0.15, -0.1) is 0 Å². The van der Waals surface area contributed by atoms with Gasteiger partial charge < -0.3 is 13.9 Å². The minimum atomic E-state index is 0.645. The average Bonchev–Trinajstić information content (AvgIpc) is 2.77. The number of nitrogens with zero attached hydrogens (tertiary/aromatic N) is 1. The van der Waals surface area contributed by atoms with Crippen molar-refractivity contribution in [2.24, 2.45) is 5.10 Å². The Balaban J connectivity index is 1.92. The largest absolute Gasteiger partial charge is 0.493 e. The fourth-order valence-corrected chi connectivity index (χ4v) is 3.48. The normalized spacial score (nSPS) is 11.5. The molecule has 0 amide bonds. The Morgan fingerprint density at radius 3 is 2.33 bits per heavy atom. The fraction of sp³-hybridized carbons (Fsp3) is 0.160. The summed E-state index contributed by atoms with van der Waals surface area (Å²) in [4.78, 5) is 0. The second kappa shape index (κ2) is 8.33. The summed E-state index contributed by atoms with van der Waals surface area (Å²) in [6.07, 6.45) is 0. The van der Waals surface area contributed by atoms with Gasteiger partial charge in [-0.1, -0.05) is 24.3 Å². The van der Waals surface area contributed by atoms with Gasteiger partial charge in [0.05, 0.1) is 25.3 Å². The molecule has 0 spiro atoms. The first-order valence-corrected chi connectivity index (χ1v) is 9.71. The van der Waals surface area contributed by atoms with E-state index in [1.165, 1.54) is 0 Å². The molecule has 0 bridgehead atoms. The van der Waals surface area contributed by atoms with Crippen LogP contribution in [0, 0.1) is 13.8 Å². The van der Waals surface area contributed by atoms with Crippen LogP contribution in [-0.2, 0) is 0 Å². The predicted octanol–water partition coefficient (Wildman–Crippen LogP) is 5.66. The lowest BCUT2D eigenvalue weighted by molar-refractivity contribution is 0.355. The van der Waals surface area contributed by atoms with Crippen LogP contribution >= 0.6 is 0 Å². The van der Waals surface area contributed by atoms with Crippen molar-refractivity contribution in [3.8, 4) is 22.8 Å². The van der Waals surface area contributed by atoms with Crippen LogP contribution in [0.1, 0.15) is 11.1 Å². The van der Waals surface area contributed by atoms with Gasteiger partial charge >= 0.3 is 0 Å². The third-order valence-corrected chi connectivity index (χ3v) is 4.92. The monoisotopic (exact) mass is 400 g/mol. The highest BCUT2D eigenvalue weighted by molar-refractivity contribution is 5.82. The summed E-state index contributed by atoms with van der Waals surface area (Å²) in [6.45, 7) is 4.12. The van der Waals surface area contributed by atoms with E-state index in [0.29, 0.717) is 17.3 Å². The number of anilines is 1. The Labute approximate surface area is 175 Å². The number of hydrogen-bond donors (Lipinski definition) is 1. The third-order valence-electron chi connectivity index (χ3n) is 4.92. The lowest BCUT2D eigenvalue weighted by Crippen LogP contribution is -2.08. The molecule has 0 aliphatic heterocycles. The molecule has 3 aromatic carbocycles. The van der Waals surface area contributed by atoms with E-state index in [0.717, 1.165) is 38.7 Å². The number of aryl methyl sites for hydroxylation is 2. The SMILES string of the molecule is COc1ccc(-c2c/c(=N/Nc3ccccc3)c3cc(C)cc(C)c3o2)cc1OC. The quantitative estimate of drug-likeness (QED) is 0.439. The van der Waals surface area contributed by atoms with Crippen LogP contribution in [0.15, 0.2) is 76.2 Å². The molecule has 5 heteroatoms. The van der Waals surface area contributed by atoms with Crippen LogP contribution in [0.25, 0.3) is 22.3 Å². The molecule has 1 aromatic heterocycles. The zero-order valence-corrected chi connectivity index (χ0v) is 17.5. The summed E-state index contributed by atoms with van der Waals surface area (Å²) >= 11 is 0. The summed E-state index contributed by atoms with van der Waals surface area (Å²) in [5.74, 6) is 2.01. The van der Waals surface area contributed by atoms with Crippen molar-refractivity contribution in [1.82, 2.24) is 0 Å². The van der Waals surface area contributed by atoms with Crippen LogP contribution < -0.4 is 20.3 Å². The number of benzene rings is 3. The number of hydrogen-bond acceptors (Lipinski definition) is 5. The average molecular weight is 400 g/mol. The number of nitrogens with one attached hydrogen (secondary N) is 1. The summed E-state index contributed by atoms with van der Waals surface area (Å²) in [5.41, 5.74) is 7.97. The number of para-hydroxylation sites is 1. The van der Waals surface area contributed by atoms with Gasteiger partial charge in [-0.25, -0.2) is 0 Å². The van der Waals surface area contributed by atoms with Crippen LogP contribution in [-0.4, -0.2) is 14.2 Å². The predicted molar refractivity (Wildman–Crippen MR) is 120 cm³/mol. The van der Waals surface area contributed by atoms with E-state index >= 15 is 0 Å². The first kappa shape index (κ1) is 19.6. The molecule has 0 saturated carbocycles.